The summed E-state index contributed by atoms with van der Waals surface area (Å²) in [5.74, 6) is -122. The molecule has 0 N–H and O–H groups in total. The minimum atomic E-state index is -8.93. The normalized spacial score (nSPS) is 16.0. The first-order valence-electron chi connectivity index (χ1n) is 17.0. The molecule has 0 radical (unpaired) electrons. The van der Waals surface area contributed by atoms with Gasteiger partial charge in [-0.3, -0.25) is 9.59 Å². The van der Waals surface area contributed by atoms with Gasteiger partial charge in [0.05, 0.1) is 32.8 Å². The van der Waals surface area contributed by atoms with Crippen molar-refractivity contribution >= 4 is 22.1 Å². The number of hydrogen-bond acceptors (Lipinski definition) is 9. The van der Waals surface area contributed by atoms with Crippen LogP contribution in [0.3, 0.4) is 0 Å². The zero-order chi connectivity index (χ0) is 58.4. The number of alkyl halides is 34. The van der Waals surface area contributed by atoms with E-state index in [0.29, 0.717) is 0 Å². The molecule has 0 saturated carbocycles. The van der Waals surface area contributed by atoms with Gasteiger partial charge in [0.15, 0.2) is 5.25 Å². The summed E-state index contributed by atoms with van der Waals surface area (Å²) in [7, 11) is -6.18. The van der Waals surface area contributed by atoms with Crippen LogP contribution in [0.5, 0.6) is 0 Å². The Morgan fingerprint density at radius 3 is 0.836 bits per heavy atom. The molecule has 0 aliphatic heterocycles. The van der Waals surface area contributed by atoms with Crippen molar-refractivity contribution in [1.29, 1.82) is 0 Å². The van der Waals surface area contributed by atoms with E-state index in [2.05, 4.69) is 18.9 Å². The van der Waals surface area contributed by atoms with Crippen molar-refractivity contribution in [3.8, 4) is 0 Å². The monoisotopic (exact) mass is 1200 g/mol. The summed E-state index contributed by atoms with van der Waals surface area (Å²) >= 11 is 0. The van der Waals surface area contributed by atoms with Crippen LogP contribution in [-0.2, 0) is 38.7 Å². The van der Waals surface area contributed by atoms with Crippen LogP contribution in [0.15, 0.2) is 0 Å². The van der Waals surface area contributed by atoms with Gasteiger partial charge in [0.1, 0.15) is 23.3 Å². The number of esters is 2. The third-order valence-electron chi connectivity index (χ3n) is 8.62. The molecule has 45 heteroatoms. The van der Waals surface area contributed by atoms with Gasteiger partial charge in [0, 0.05) is 12.8 Å². The number of ether oxygens (including phenoxy) is 4. The number of rotatable bonds is 28. The van der Waals surface area contributed by atoms with Gasteiger partial charge in [-0.2, -0.15) is 149 Å². The molecule has 9 nitrogen and oxygen atoms in total. The van der Waals surface area contributed by atoms with Gasteiger partial charge < -0.3 is 23.5 Å². The molecule has 73 heavy (non-hydrogen) atoms. The summed E-state index contributed by atoms with van der Waals surface area (Å²) in [5, 5.41) is -3.34. The molecule has 1 atom stereocenters. The number of hydrogen-bond donors (Lipinski definition) is 0. The summed E-state index contributed by atoms with van der Waals surface area (Å²) in [6, 6.07) is 0. The fourth-order valence-corrected chi connectivity index (χ4v) is 4.98. The molecule has 0 fully saturated rings. The van der Waals surface area contributed by atoms with Crippen LogP contribution in [0.25, 0.3) is 0 Å². The first-order chi connectivity index (χ1) is 31.1. The summed E-state index contributed by atoms with van der Waals surface area (Å²) in [4.78, 5) is 23.8. The predicted molar refractivity (Wildman–Crippen MR) is 152 cm³/mol. The number of halogens is 34. The molecule has 430 valence electrons. The first kappa shape index (κ1) is 72.5. The topological polar surface area (TPSA) is 128 Å². The summed E-state index contributed by atoms with van der Waals surface area (Å²) < 4.78 is 503. The van der Waals surface area contributed by atoms with E-state index in [1.165, 1.54) is 0 Å². The van der Waals surface area contributed by atoms with Gasteiger partial charge in [-0.05, 0) is 0 Å². The minimum absolute atomic E-state index is 0. The molecule has 0 rings (SSSR count). The molecule has 0 aromatic carbocycles. The molecular formula is C28H19F34NaO9S. The molecule has 0 bridgehead atoms. The second-order valence-corrected chi connectivity index (χ2v) is 15.2. The predicted octanol–water partition coefficient (Wildman–Crippen LogP) is 7.21. The third-order valence-corrected chi connectivity index (χ3v) is 9.68. The van der Waals surface area contributed by atoms with Crippen molar-refractivity contribution in [2.45, 2.75) is 120 Å². The van der Waals surface area contributed by atoms with Crippen molar-refractivity contribution in [2.75, 3.05) is 39.6 Å². The average molecular weight is 1200 g/mol. The van der Waals surface area contributed by atoms with E-state index in [0.717, 1.165) is 0 Å². The summed E-state index contributed by atoms with van der Waals surface area (Å²) in [6.45, 7) is -10.9. The smallest absolute Gasteiger partial charge is 0.747 e. The van der Waals surface area contributed by atoms with E-state index >= 15 is 0 Å². The first-order valence-corrected chi connectivity index (χ1v) is 18.4. The van der Waals surface area contributed by atoms with Crippen LogP contribution in [0, 0.1) is 0 Å². The van der Waals surface area contributed by atoms with Crippen LogP contribution in [0.1, 0.15) is 19.3 Å². The summed E-state index contributed by atoms with van der Waals surface area (Å²) in [6.07, 6.45) is -24.4. The Hall–Kier alpha value is -2.61. The van der Waals surface area contributed by atoms with Gasteiger partial charge in [0.2, 0.25) is 0 Å². The van der Waals surface area contributed by atoms with Gasteiger partial charge in [-0.25, -0.2) is 8.42 Å². The summed E-state index contributed by atoms with van der Waals surface area (Å²) in [5.41, 5.74) is 0. The molecule has 0 saturated heterocycles. The molecule has 0 amide bonds. The Labute approximate surface area is 401 Å². The Bertz CT molecular complexity index is 1990. The van der Waals surface area contributed by atoms with Crippen LogP contribution in [0.2, 0.25) is 0 Å². The van der Waals surface area contributed by atoms with E-state index in [1.54, 1.807) is 0 Å². The molecule has 0 spiro atoms. The average Bonchev–Trinajstić information content (AvgIpc) is 3.17. The molecule has 0 aliphatic carbocycles. The zero-order valence-electron chi connectivity index (χ0n) is 33.9. The van der Waals surface area contributed by atoms with Crippen molar-refractivity contribution in [1.82, 2.24) is 0 Å². The Morgan fingerprint density at radius 2 is 0.589 bits per heavy atom. The second-order valence-electron chi connectivity index (χ2n) is 13.6. The van der Waals surface area contributed by atoms with Crippen molar-refractivity contribution in [3.63, 3.8) is 0 Å². The van der Waals surface area contributed by atoms with E-state index in [9.17, 15) is 172 Å². The van der Waals surface area contributed by atoms with Crippen molar-refractivity contribution in [3.05, 3.63) is 0 Å². The van der Waals surface area contributed by atoms with Gasteiger partial charge in [-0.1, -0.05) is 0 Å². The quantitative estimate of drug-likeness (QED) is 0.0263. The molecule has 0 aliphatic rings. The fraction of sp³-hybridized carbons (Fsp3) is 0.929. The van der Waals surface area contributed by atoms with Crippen LogP contribution in [0.4, 0.5) is 149 Å². The van der Waals surface area contributed by atoms with Gasteiger partial charge >= 0.3 is 137 Å². The maximum atomic E-state index is 13.9. The third kappa shape index (κ3) is 12.7. The molecule has 1 unspecified atom stereocenters. The van der Waals surface area contributed by atoms with Gasteiger partial charge in [-0.15, -0.1) is 0 Å². The van der Waals surface area contributed by atoms with E-state index < -0.39 is 181 Å². The fourth-order valence-electron chi connectivity index (χ4n) is 4.33. The van der Waals surface area contributed by atoms with Crippen LogP contribution >= 0.6 is 0 Å². The maximum Gasteiger partial charge on any atom is 1.00 e. The molecule has 0 heterocycles. The van der Waals surface area contributed by atoms with Crippen LogP contribution < -0.4 is 29.6 Å². The SMILES string of the molecule is O=C(CC(C(=O)OCCOCCC(F)(F)C(F)(F)C(F)(F)C(F)(F)C(F)(F)C(F)(F)C(F)(F)C(F)(F)F)S(=O)(=O)[O-])OCCOCCC(F)(F)C(F)(F)C(F)(F)C(F)(F)C(F)(F)C(F)(F)C(F)(F)C(F)(F)F.[Na+]. The van der Waals surface area contributed by atoms with Crippen LogP contribution in [-0.4, -0.2) is 165 Å². The largest absolute Gasteiger partial charge is 1.00 e. The maximum absolute atomic E-state index is 13.9. The van der Waals surface area contributed by atoms with Crippen molar-refractivity contribution < 1.29 is 220 Å². The Morgan fingerprint density at radius 1 is 0.356 bits per heavy atom. The van der Waals surface area contributed by atoms with Crippen molar-refractivity contribution in [2.24, 2.45) is 0 Å². The Balaban J connectivity index is 0. The van der Waals surface area contributed by atoms with Gasteiger partial charge in [0.25, 0.3) is 0 Å². The van der Waals surface area contributed by atoms with E-state index in [4.69, 9.17) is 0 Å². The number of carbonyl (C=O) groups is 2. The minimum Gasteiger partial charge on any atom is -0.747 e. The van der Waals surface area contributed by atoms with E-state index in [-0.39, 0.29) is 29.6 Å². The van der Waals surface area contributed by atoms with E-state index in [1.807, 2.05) is 0 Å². The Kier molecular flexibility index (Phi) is 21.9. The molecule has 0 aromatic rings. The zero-order valence-corrected chi connectivity index (χ0v) is 36.7. The molecular weight excluding hydrogens is 1180 g/mol. The standard InChI is InChI=1S/C28H20F34O9S.Na/c29-13(30,15(33,34)17(37,38)19(41,42)21(45,46)23(49,50)25(53,54)27(57,58)59)1-3-68-5-7-70-11(63)9-10(72(65,66)67)12(64)71-8-6-69-4-2-14(31,32)16(35,36)18(39,40)20(43,44)22(47,48)24(51,52)26(55,56)28(60,61)62;/h10H,1-9H2,(H,65,66,67);/q;+1/p-1. The number of carbonyl (C=O) groups excluding carboxylic acids is 2. The second kappa shape index (κ2) is 22.0. The molecule has 0 aromatic heterocycles.